The second-order valence-corrected chi connectivity index (χ2v) is 4.49. The number of hydrogen-bond acceptors (Lipinski definition) is 3. The van der Waals surface area contributed by atoms with Gasteiger partial charge in [-0.05, 0) is 22.4 Å². The quantitative estimate of drug-likeness (QED) is 0.831. The van der Waals surface area contributed by atoms with Gasteiger partial charge in [-0.25, -0.2) is 4.79 Å². The zero-order valence-electron chi connectivity index (χ0n) is 8.64. The summed E-state index contributed by atoms with van der Waals surface area (Å²) in [5.41, 5.74) is 0.799. The average molecular weight is 234 g/mol. The topological polar surface area (TPSA) is 54.4 Å². The molecule has 2 rings (SSSR count). The van der Waals surface area contributed by atoms with Crippen LogP contribution in [0.25, 0.3) is 10.1 Å². The van der Waals surface area contributed by atoms with Crippen LogP contribution in [0, 0.1) is 0 Å². The Morgan fingerprint density at radius 3 is 2.69 bits per heavy atom. The molecule has 1 heterocycles. The maximum atomic E-state index is 11.4. The van der Waals surface area contributed by atoms with Crippen molar-refractivity contribution < 1.29 is 14.7 Å². The third kappa shape index (κ3) is 1.72. The molecule has 1 aromatic heterocycles. The molecule has 1 unspecified atom stereocenters. The van der Waals surface area contributed by atoms with Gasteiger partial charge in [0.15, 0.2) is 0 Å². The summed E-state index contributed by atoms with van der Waals surface area (Å²) in [6, 6.07) is 7.68. The maximum Gasteiger partial charge on any atom is 0.372 e. The van der Waals surface area contributed by atoms with Crippen molar-refractivity contribution in [3.05, 3.63) is 35.2 Å². The second-order valence-electron chi connectivity index (χ2n) is 3.58. The number of hydrogen-bond donors (Lipinski definition) is 1. The Kier molecular flexibility index (Phi) is 2.75. The van der Waals surface area contributed by atoms with E-state index in [9.17, 15) is 9.59 Å². The summed E-state index contributed by atoms with van der Waals surface area (Å²) in [5, 5.41) is 11.5. The third-order valence-electron chi connectivity index (χ3n) is 2.58. The Balaban J connectivity index is 2.48. The van der Waals surface area contributed by atoms with Crippen LogP contribution in [0.4, 0.5) is 0 Å². The Bertz CT molecular complexity index is 556. The van der Waals surface area contributed by atoms with Crippen LogP contribution in [0.3, 0.4) is 0 Å². The lowest BCUT2D eigenvalue weighted by atomic mass is 9.96. The minimum atomic E-state index is -1.37. The van der Waals surface area contributed by atoms with E-state index < -0.39 is 17.7 Å². The summed E-state index contributed by atoms with van der Waals surface area (Å²) in [7, 11) is 0. The molecule has 0 aliphatic carbocycles. The van der Waals surface area contributed by atoms with E-state index >= 15 is 0 Å². The molecule has 1 N–H and O–H groups in total. The first kappa shape index (κ1) is 10.8. The molecule has 0 bridgehead atoms. The van der Waals surface area contributed by atoms with Crippen molar-refractivity contribution in [2.45, 2.75) is 12.8 Å². The van der Waals surface area contributed by atoms with Gasteiger partial charge in [-0.1, -0.05) is 25.1 Å². The van der Waals surface area contributed by atoms with Gasteiger partial charge in [-0.15, -0.1) is 11.3 Å². The Morgan fingerprint density at radius 1 is 1.31 bits per heavy atom. The van der Waals surface area contributed by atoms with Crippen LogP contribution in [0.5, 0.6) is 0 Å². The number of carboxylic acid groups (broad SMARTS) is 1. The normalized spacial score (nSPS) is 12.6. The largest absolute Gasteiger partial charge is 0.475 e. The molecule has 0 amide bonds. The van der Waals surface area contributed by atoms with Crippen LogP contribution in [-0.4, -0.2) is 16.9 Å². The van der Waals surface area contributed by atoms with E-state index in [4.69, 9.17) is 5.11 Å². The molecule has 2 aromatic rings. The minimum absolute atomic E-state index is 0.589. The number of benzene rings is 1. The molecule has 0 radical (unpaired) electrons. The van der Waals surface area contributed by atoms with E-state index in [1.165, 1.54) is 11.3 Å². The fraction of sp³-hybridized carbons (Fsp3) is 0.167. The van der Waals surface area contributed by atoms with Gasteiger partial charge in [-0.3, -0.25) is 4.79 Å². The van der Waals surface area contributed by atoms with Crippen molar-refractivity contribution in [1.82, 2.24) is 0 Å². The van der Waals surface area contributed by atoms with Crippen molar-refractivity contribution >= 4 is 33.2 Å². The summed E-state index contributed by atoms with van der Waals surface area (Å²) in [6.07, 6.45) is 0. The minimum Gasteiger partial charge on any atom is -0.475 e. The van der Waals surface area contributed by atoms with Crippen LogP contribution < -0.4 is 0 Å². The predicted molar refractivity (Wildman–Crippen MR) is 62.9 cm³/mol. The van der Waals surface area contributed by atoms with Crippen LogP contribution in [0.2, 0.25) is 0 Å². The molecule has 0 saturated carbocycles. The van der Waals surface area contributed by atoms with Gasteiger partial charge in [-0.2, -0.15) is 0 Å². The first-order valence-electron chi connectivity index (χ1n) is 4.84. The van der Waals surface area contributed by atoms with E-state index in [2.05, 4.69) is 0 Å². The molecule has 0 saturated heterocycles. The monoisotopic (exact) mass is 234 g/mol. The highest BCUT2D eigenvalue weighted by molar-refractivity contribution is 7.17. The fourth-order valence-corrected chi connectivity index (χ4v) is 2.72. The lowest BCUT2D eigenvalue weighted by Crippen LogP contribution is -2.19. The molecule has 0 fully saturated rings. The molecule has 0 spiro atoms. The lowest BCUT2D eigenvalue weighted by molar-refractivity contribution is -0.149. The van der Waals surface area contributed by atoms with Crippen LogP contribution in [0.15, 0.2) is 29.6 Å². The molecule has 1 atom stereocenters. The highest BCUT2D eigenvalue weighted by Gasteiger charge is 2.24. The zero-order chi connectivity index (χ0) is 11.7. The van der Waals surface area contributed by atoms with E-state index in [0.717, 1.165) is 15.6 Å². The summed E-state index contributed by atoms with van der Waals surface area (Å²) in [6.45, 7) is 1.63. The number of carbonyl (C=O) groups excluding carboxylic acids is 1. The fourth-order valence-electron chi connectivity index (χ4n) is 1.66. The molecule has 0 aliphatic rings. The highest BCUT2D eigenvalue weighted by Crippen LogP contribution is 2.31. The first-order chi connectivity index (χ1) is 7.61. The molecule has 3 nitrogen and oxygen atoms in total. The van der Waals surface area contributed by atoms with Gasteiger partial charge in [0, 0.05) is 4.70 Å². The summed E-state index contributed by atoms with van der Waals surface area (Å²) in [5.74, 6) is -2.72. The van der Waals surface area contributed by atoms with Crippen molar-refractivity contribution in [2.24, 2.45) is 0 Å². The third-order valence-corrected chi connectivity index (χ3v) is 3.56. The number of Topliss-reactive ketones (excluding diaryl/α,β-unsaturated/α-hetero) is 1. The molecule has 1 aromatic carbocycles. The number of ketones is 1. The van der Waals surface area contributed by atoms with Crippen molar-refractivity contribution in [3.8, 4) is 0 Å². The number of rotatable bonds is 3. The van der Waals surface area contributed by atoms with E-state index in [1.807, 2.05) is 29.6 Å². The molecular weight excluding hydrogens is 224 g/mol. The molecule has 16 heavy (non-hydrogen) atoms. The molecule has 82 valence electrons. The summed E-state index contributed by atoms with van der Waals surface area (Å²) < 4.78 is 1.07. The van der Waals surface area contributed by atoms with Crippen molar-refractivity contribution in [3.63, 3.8) is 0 Å². The number of thiophene rings is 1. The maximum absolute atomic E-state index is 11.4. The number of carbonyl (C=O) groups is 2. The standard InChI is InChI=1S/C12H10O3S/c1-7(11(13)12(14)15)9-6-16-10-5-3-2-4-8(9)10/h2-7H,1H3,(H,14,15). The lowest BCUT2D eigenvalue weighted by Gasteiger charge is -2.05. The van der Waals surface area contributed by atoms with Gasteiger partial charge in [0.05, 0.1) is 5.92 Å². The SMILES string of the molecule is CC(C(=O)C(=O)O)c1csc2ccccc12. The van der Waals surface area contributed by atoms with Gasteiger partial charge in [0.2, 0.25) is 5.78 Å². The molecule has 4 heteroatoms. The highest BCUT2D eigenvalue weighted by atomic mass is 32.1. The number of fused-ring (bicyclic) bond motifs is 1. The van der Waals surface area contributed by atoms with Gasteiger partial charge >= 0.3 is 5.97 Å². The average Bonchev–Trinajstić information content (AvgIpc) is 2.70. The molecule has 0 aliphatic heterocycles. The Labute approximate surface area is 96.3 Å². The Hall–Kier alpha value is -1.68. The summed E-state index contributed by atoms with van der Waals surface area (Å²) in [4.78, 5) is 22.0. The number of aliphatic carboxylic acids is 1. The van der Waals surface area contributed by atoms with Gasteiger partial charge in [0.25, 0.3) is 0 Å². The van der Waals surface area contributed by atoms with Crippen LogP contribution in [0.1, 0.15) is 18.4 Å². The molecular formula is C12H10O3S. The van der Waals surface area contributed by atoms with Crippen molar-refractivity contribution in [2.75, 3.05) is 0 Å². The van der Waals surface area contributed by atoms with Gasteiger partial charge < -0.3 is 5.11 Å². The Morgan fingerprint density at radius 2 is 2.00 bits per heavy atom. The summed E-state index contributed by atoms with van der Waals surface area (Å²) >= 11 is 1.53. The van der Waals surface area contributed by atoms with E-state index in [0.29, 0.717) is 0 Å². The zero-order valence-corrected chi connectivity index (χ0v) is 9.45. The van der Waals surface area contributed by atoms with Crippen LogP contribution >= 0.6 is 11.3 Å². The second kappa shape index (κ2) is 4.06. The smallest absolute Gasteiger partial charge is 0.372 e. The van der Waals surface area contributed by atoms with Crippen molar-refractivity contribution in [1.29, 1.82) is 0 Å². The van der Waals surface area contributed by atoms with E-state index in [-0.39, 0.29) is 0 Å². The first-order valence-corrected chi connectivity index (χ1v) is 5.72. The van der Waals surface area contributed by atoms with Crippen LogP contribution in [-0.2, 0) is 9.59 Å². The number of carboxylic acids is 1. The van der Waals surface area contributed by atoms with E-state index in [1.54, 1.807) is 6.92 Å². The van der Waals surface area contributed by atoms with Gasteiger partial charge in [0.1, 0.15) is 0 Å². The predicted octanol–water partition coefficient (Wildman–Crippen LogP) is 2.66.